The number of fused-ring (bicyclic) bond motifs is 1. The number of H-pyrrole nitrogens is 2. The predicted molar refractivity (Wildman–Crippen MR) is 91.5 cm³/mol. The van der Waals surface area contributed by atoms with E-state index in [1.807, 2.05) is 18.2 Å². The van der Waals surface area contributed by atoms with Gasteiger partial charge in [-0.15, -0.1) is 0 Å². The van der Waals surface area contributed by atoms with Gasteiger partial charge in [-0.25, -0.2) is 9.18 Å². The quantitative estimate of drug-likeness (QED) is 0.500. The average molecular weight is 479 g/mol. The van der Waals surface area contributed by atoms with Crippen LogP contribution in [0, 0.1) is 5.82 Å². The zero-order valence-corrected chi connectivity index (χ0v) is 15.1. The van der Waals surface area contributed by atoms with Crippen molar-refractivity contribution in [2.24, 2.45) is 0 Å². The summed E-state index contributed by atoms with van der Waals surface area (Å²) < 4.78 is 15.0. The number of nitrogens with one attached hydrogen (secondary N) is 2. The third-order valence-corrected chi connectivity index (χ3v) is 5.25. The van der Waals surface area contributed by atoms with E-state index in [2.05, 4.69) is 57.8 Å². The monoisotopic (exact) mass is 476 g/mol. The van der Waals surface area contributed by atoms with Crippen LogP contribution in [0.3, 0.4) is 0 Å². The highest BCUT2D eigenvalue weighted by molar-refractivity contribution is 9.11. The molecule has 0 fully saturated rings. The van der Waals surface area contributed by atoms with Gasteiger partial charge in [0.2, 0.25) is 0 Å². The summed E-state index contributed by atoms with van der Waals surface area (Å²) in [4.78, 5) is 16.6. The molecule has 0 saturated heterocycles. The highest BCUT2D eigenvalue weighted by Gasteiger charge is 2.16. The van der Waals surface area contributed by atoms with Gasteiger partial charge in [0.15, 0.2) is 0 Å². The minimum Gasteiger partial charge on any atom is -0.306 e. The fourth-order valence-electron chi connectivity index (χ4n) is 2.17. The number of hydrogen-bond donors (Lipinski definition) is 2. The van der Waals surface area contributed by atoms with Gasteiger partial charge >= 0.3 is 5.69 Å². The lowest BCUT2D eigenvalue weighted by Crippen LogP contribution is -1.99. The van der Waals surface area contributed by atoms with Gasteiger partial charge in [-0.1, -0.05) is 47.8 Å². The molecule has 0 aliphatic carbocycles. The van der Waals surface area contributed by atoms with Crippen molar-refractivity contribution in [2.45, 2.75) is 4.83 Å². The zero-order valence-electron chi connectivity index (χ0n) is 10.4. The Morgan fingerprint density at radius 3 is 2.33 bits per heavy atom. The van der Waals surface area contributed by atoms with Crippen molar-refractivity contribution in [3.63, 3.8) is 0 Å². The molecular formula is C14H8Br3FN2O. The topological polar surface area (TPSA) is 48.6 Å². The highest BCUT2D eigenvalue weighted by atomic mass is 79.9. The molecule has 0 radical (unpaired) electrons. The number of aromatic amines is 2. The Morgan fingerprint density at radius 1 is 1.00 bits per heavy atom. The number of benzene rings is 2. The molecule has 0 saturated carbocycles. The molecule has 3 aromatic rings. The second-order valence-electron chi connectivity index (χ2n) is 4.56. The lowest BCUT2D eigenvalue weighted by Gasteiger charge is -2.13. The van der Waals surface area contributed by atoms with Crippen LogP contribution in [0.25, 0.3) is 11.0 Å². The van der Waals surface area contributed by atoms with Crippen molar-refractivity contribution in [2.75, 3.05) is 0 Å². The molecule has 2 aromatic carbocycles. The van der Waals surface area contributed by atoms with Crippen LogP contribution in [0.15, 0.2) is 44.1 Å². The molecule has 0 bridgehead atoms. The third-order valence-electron chi connectivity index (χ3n) is 3.08. The van der Waals surface area contributed by atoms with Crippen LogP contribution in [0.5, 0.6) is 0 Å². The lowest BCUT2D eigenvalue weighted by atomic mass is 10.0. The fourth-order valence-corrected chi connectivity index (χ4v) is 4.17. The van der Waals surface area contributed by atoms with Gasteiger partial charge in [0.05, 0.1) is 15.9 Å². The van der Waals surface area contributed by atoms with E-state index in [9.17, 15) is 9.18 Å². The van der Waals surface area contributed by atoms with Gasteiger partial charge in [-0.05, 0) is 41.5 Å². The first-order valence-electron chi connectivity index (χ1n) is 5.95. The summed E-state index contributed by atoms with van der Waals surface area (Å²) in [7, 11) is 0. The van der Waals surface area contributed by atoms with Gasteiger partial charge in [0.25, 0.3) is 0 Å². The van der Waals surface area contributed by atoms with E-state index in [1.165, 1.54) is 12.1 Å². The van der Waals surface area contributed by atoms with Crippen LogP contribution in [0.1, 0.15) is 16.0 Å². The average Bonchev–Trinajstić information content (AvgIpc) is 2.75. The Morgan fingerprint density at radius 2 is 1.67 bits per heavy atom. The van der Waals surface area contributed by atoms with Gasteiger partial charge in [0.1, 0.15) is 5.82 Å². The van der Waals surface area contributed by atoms with Gasteiger partial charge < -0.3 is 9.97 Å². The van der Waals surface area contributed by atoms with Crippen LogP contribution >= 0.6 is 47.8 Å². The van der Waals surface area contributed by atoms with Crippen molar-refractivity contribution < 1.29 is 4.39 Å². The van der Waals surface area contributed by atoms with Crippen molar-refractivity contribution in [3.05, 3.63) is 66.7 Å². The summed E-state index contributed by atoms with van der Waals surface area (Å²) in [5, 5.41) is 0. The van der Waals surface area contributed by atoms with Crippen LogP contribution < -0.4 is 5.69 Å². The fraction of sp³-hybridized carbons (Fsp3) is 0.0714. The van der Waals surface area contributed by atoms with Crippen LogP contribution in [0.2, 0.25) is 0 Å². The Labute approximate surface area is 144 Å². The van der Waals surface area contributed by atoms with Crippen molar-refractivity contribution in [3.8, 4) is 0 Å². The first kappa shape index (κ1) is 15.0. The Bertz CT molecular complexity index is 867. The van der Waals surface area contributed by atoms with Crippen LogP contribution in [0.4, 0.5) is 4.39 Å². The Balaban J connectivity index is 2.13. The van der Waals surface area contributed by atoms with Crippen molar-refractivity contribution in [1.82, 2.24) is 9.97 Å². The zero-order chi connectivity index (χ0) is 15.1. The summed E-state index contributed by atoms with van der Waals surface area (Å²) in [6, 6.07) is 8.41. The number of aromatic nitrogens is 2. The van der Waals surface area contributed by atoms with E-state index in [1.54, 1.807) is 0 Å². The summed E-state index contributed by atoms with van der Waals surface area (Å²) >= 11 is 10.4. The Hall–Kier alpha value is -0.920. The van der Waals surface area contributed by atoms with Crippen LogP contribution in [-0.4, -0.2) is 9.97 Å². The molecule has 3 rings (SSSR count). The molecule has 1 heterocycles. The maximum absolute atomic E-state index is 13.5. The molecule has 0 amide bonds. The van der Waals surface area contributed by atoms with E-state index in [0.29, 0.717) is 9.99 Å². The molecule has 1 atom stereocenters. The highest BCUT2D eigenvalue weighted by Crippen LogP contribution is 2.38. The molecule has 1 unspecified atom stereocenters. The van der Waals surface area contributed by atoms with E-state index >= 15 is 0 Å². The second-order valence-corrected chi connectivity index (χ2v) is 7.25. The number of hydrogen-bond acceptors (Lipinski definition) is 1. The van der Waals surface area contributed by atoms with Crippen molar-refractivity contribution >= 4 is 58.8 Å². The normalized spacial score (nSPS) is 12.8. The Kier molecular flexibility index (Phi) is 4.07. The number of alkyl halides is 1. The van der Waals surface area contributed by atoms with Gasteiger partial charge in [-0.2, -0.15) is 0 Å². The van der Waals surface area contributed by atoms with Gasteiger partial charge in [0, 0.05) is 8.95 Å². The number of rotatable bonds is 2. The molecule has 0 aliphatic rings. The molecular weight excluding hydrogens is 471 g/mol. The summed E-state index contributed by atoms with van der Waals surface area (Å²) in [5.41, 5.74) is 2.84. The smallest absolute Gasteiger partial charge is 0.306 e. The maximum Gasteiger partial charge on any atom is 0.323 e. The summed E-state index contributed by atoms with van der Waals surface area (Å²) in [5.74, 6) is -0.309. The molecule has 7 heteroatoms. The van der Waals surface area contributed by atoms with E-state index in [-0.39, 0.29) is 16.3 Å². The minimum atomic E-state index is -0.309. The first-order valence-corrected chi connectivity index (χ1v) is 8.46. The molecule has 3 nitrogen and oxygen atoms in total. The summed E-state index contributed by atoms with van der Waals surface area (Å²) in [6.45, 7) is 0. The molecule has 0 spiro atoms. The van der Waals surface area contributed by atoms with Crippen LogP contribution in [-0.2, 0) is 0 Å². The minimum absolute atomic E-state index is 0.207. The van der Waals surface area contributed by atoms with Gasteiger partial charge in [-0.3, -0.25) is 0 Å². The molecule has 0 aliphatic heterocycles. The number of imidazole rings is 1. The summed E-state index contributed by atoms with van der Waals surface area (Å²) in [6.07, 6.45) is 0. The van der Waals surface area contributed by atoms with E-state index in [4.69, 9.17) is 0 Å². The molecule has 1 aromatic heterocycles. The maximum atomic E-state index is 13.5. The third kappa shape index (κ3) is 3.00. The predicted octanol–water partition coefficient (Wildman–Crippen LogP) is 5.00. The first-order chi connectivity index (χ1) is 9.94. The largest absolute Gasteiger partial charge is 0.323 e. The molecule has 2 N–H and O–H groups in total. The number of halogens is 4. The SMILES string of the molecule is O=c1[nH]c2cc(Br)c(C(Br)c3cc(F)cc(Br)c3)cc2[nH]1. The van der Waals surface area contributed by atoms with Crippen molar-refractivity contribution in [1.29, 1.82) is 0 Å². The van der Waals surface area contributed by atoms with E-state index in [0.717, 1.165) is 21.1 Å². The molecule has 21 heavy (non-hydrogen) atoms. The van der Waals surface area contributed by atoms with E-state index < -0.39 is 0 Å². The standard InChI is InChI=1S/C14H8Br3FN2O/c15-7-1-6(2-8(18)3-7)13(17)9-4-11-12(5-10(9)16)20-14(21)19-11/h1-5,13H,(H2,19,20,21). The molecule has 108 valence electrons. The second kappa shape index (κ2) is 5.70. The lowest BCUT2D eigenvalue weighted by molar-refractivity contribution is 0.625.